The van der Waals surface area contributed by atoms with E-state index >= 15 is 0 Å². The molecule has 1 heterocycles. The van der Waals surface area contributed by atoms with Crippen LogP contribution < -0.4 is 0 Å². The van der Waals surface area contributed by atoms with Crippen LogP contribution in [0.1, 0.15) is 32.1 Å². The summed E-state index contributed by atoms with van der Waals surface area (Å²) in [5.74, 6) is -0.968. The molecule has 110 valence electrons. The van der Waals surface area contributed by atoms with Crippen molar-refractivity contribution in [1.29, 1.82) is 0 Å². The van der Waals surface area contributed by atoms with Crippen molar-refractivity contribution in [3.63, 3.8) is 0 Å². The molecule has 5 nitrogen and oxygen atoms in total. The summed E-state index contributed by atoms with van der Waals surface area (Å²) >= 11 is 0. The second-order valence-corrected chi connectivity index (χ2v) is 6.48. The lowest BCUT2D eigenvalue weighted by Crippen LogP contribution is -2.46. The highest BCUT2D eigenvalue weighted by Crippen LogP contribution is 2.33. The van der Waals surface area contributed by atoms with Crippen LogP contribution in [0.5, 0.6) is 0 Å². The number of carboxylic acids is 1. The van der Waals surface area contributed by atoms with Gasteiger partial charge < -0.3 is 15.1 Å². The van der Waals surface area contributed by atoms with E-state index in [1.54, 1.807) is 0 Å². The lowest BCUT2D eigenvalue weighted by Gasteiger charge is -2.37. The molecule has 1 saturated carbocycles. The molecule has 5 heteroatoms. The minimum atomic E-state index is -0.712. The van der Waals surface area contributed by atoms with E-state index in [9.17, 15) is 9.90 Å². The van der Waals surface area contributed by atoms with Gasteiger partial charge in [0.05, 0.1) is 11.5 Å². The highest BCUT2D eigenvalue weighted by Gasteiger charge is 2.38. The maximum Gasteiger partial charge on any atom is 0.306 e. The summed E-state index contributed by atoms with van der Waals surface area (Å²) < 4.78 is 0. The van der Waals surface area contributed by atoms with Gasteiger partial charge in [0.15, 0.2) is 0 Å². The second kappa shape index (κ2) is 5.77. The zero-order chi connectivity index (χ0) is 14.0. The molecule has 0 aromatic carbocycles. The number of aliphatic carboxylic acids is 1. The predicted octanol–water partition coefficient (Wildman–Crippen LogP) is 0.628. The van der Waals surface area contributed by atoms with Gasteiger partial charge in [-0.3, -0.25) is 9.69 Å². The van der Waals surface area contributed by atoms with Crippen LogP contribution in [-0.2, 0) is 4.79 Å². The molecule has 1 aliphatic heterocycles. The Morgan fingerprint density at radius 2 is 1.95 bits per heavy atom. The Morgan fingerprint density at radius 1 is 1.32 bits per heavy atom. The average molecular weight is 270 g/mol. The topological polar surface area (TPSA) is 64.0 Å². The smallest absolute Gasteiger partial charge is 0.306 e. The van der Waals surface area contributed by atoms with Crippen LogP contribution in [0.25, 0.3) is 0 Å². The molecule has 1 aliphatic carbocycles. The summed E-state index contributed by atoms with van der Waals surface area (Å²) in [5.41, 5.74) is -0.673. The van der Waals surface area contributed by atoms with Crippen LogP contribution in [0.2, 0.25) is 0 Å². The van der Waals surface area contributed by atoms with E-state index < -0.39 is 11.6 Å². The average Bonchev–Trinajstić information content (AvgIpc) is 2.77. The molecule has 2 rings (SSSR count). The number of carbonyl (C=O) groups is 1. The number of carboxylic acid groups (broad SMARTS) is 1. The molecular weight excluding hydrogens is 244 g/mol. The maximum absolute atomic E-state index is 10.9. The van der Waals surface area contributed by atoms with Crippen LogP contribution in [-0.4, -0.2) is 71.4 Å². The molecule has 1 unspecified atom stereocenters. The molecule has 0 bridgehead atoms. The van der Waals surface area contributed by atoms with Crippen molar-refractivity contribution in [2.24, 2.45) is 5.92 Å². The minimum absolute atomic E-state index is 0.256. The fourth-order valence-corrected chi connectivity index (χ4v) is 3.35. The third kappa shape index (κ3) is 3.68. The van der Waals surface area contributed by atoms with E-state index in [1.807, 2.05) is 0 Å². The van der Waals surface area contributed by atoms with Gasteiger partial charge in [0.2, 0.25) is 0 Å². The van der Waals surface area contributed by atoms with Gasteiger partial charge in [0.25, 0.3) is 0 Å². The Morgan fingerprint density at radius 3 is 2.42 bits per heavy atom. The maximum atomic E-state index is 10.9. The number of nitrogens with zero attached hydrogens (tertiary/aromatic N) is 2. The van der Waals surface area contributed by atoms with Gasteiger partial charge >= 0.3 is 5.97 Å². The fourth-order valence-electron chi connectivity index (χ4n) is 3.35. The molecule has 0 spiro atoms. The lowest BCUT2D eigenvalue weighted by molar-refractivity contribution is -0.145. The molecule has 1 saturated heterocycles. The summed E-state index contributed by atoms with van der Waals surface area (Å²) in [4.78, 5) is 15.5. The second-order valence-electron chi connectivity index (χ2n) is 6.48. The Hall–Kier alpha value is -0.650. The first-order valence-electron chi connectivity index (χ1n) is 7.23. The SMILES string of the molecule is CN(C)C1CCN(CC2(O)CCC(C(=O)O)CC2)C1. The number of likely N-dealkylation sites (tertiary alicyclic amines) is 1. The zero-order valence-electron chi connectivity index (χ0n) is 12.0. The number of β-amino-alcohol motifs (C(OH)–C–C–N with tert-alkyl or cyclic N) is 1. The number of hydrogen-bond donors (Lipinski definition) is 2. The molecular formula is C14H26N2O3. The summed E-state index contributed by atoms with van der Waals surface area (Å²) in [6.07, 6.45) is 3.61. The van der Waals surface area contributed by atoms with Gasteiger partial charge in [0.1, 0.15) is 0 Å². The minimum Gasteiger partial charge on any atom is -0.481 e. The predicted molar refractivity (Wildman–Crippen MR) is 73.1 cm³/mol. The molecule has 2 N–H and O–H groups in total. The van der Waals surface area contributed by atoms with Crippen molar-refractivity contribution in [2.75, 3.05) is 33.7 Å². The van der Waals surface area contributed by atoms with E-state index in [-0.39, 0.29) is 5.92 Å². The lowest BCUT2D eigenvalue weighted by atomic mass is 9.78. The van der Waals surface area contributed by atoms with Gasteiger partial charge in [-0.1, -0.05) is 0 Å². The number of rotatable bonds is 4. The van der Waals surface area contributed by atoms with Gasteiger partial charge in [-0.2, -0.15) is 0 Å². The standard InChI is InChI=1S/C14H26N2O3/c1-15(2)12-5-8-16(9-12)10-14(19)6-3-11(4-7-14)13(17)18/h11-12,19H,3-10H2,1-2H3,(H,17,18). The first-order valence-corrected chi connectivity index (χ1v) is 7.23. The van der Waals surface area contributed by atoms with Crippen LogP contribution in [0.3, 0.4) is 0 Å². The van der Waals surface area contributed by atoms with Crippen molar-refractivity contribution in [3.8, 4) is 0 Å². The molecule has 0 radical (unpaired) electrons. The Kier molecular flexibility index (Phi) is 4.48. The summed E-state index contributed by atoms with van der Waals surface area (Å²) in [6.45, 7) is 2.74. The largest absolute Gasteiger partial charge is 0.481 e. The molecule has 0 amide bonds. The van der Waals surface area contributed by atoms with E-state index in [0.29, 0.717) is 38.3 Å². The summed E-state index contributed by atoms with van der Waals surface area (Å²) in [7, 11) is 4.20. The van der Waals surface area contributed by atoms with Crippen LogP contribution in [0.4, 0.5) is 0 Å². The summed E-state index contributed by atoms with van der Waals surface area (Å²) in [6, 6.07) is 0.582. The van der Waals surface area contributed by atoms with E-state index in [1.165, 1.54) is 0 Å². The van der Waals surface area contributed by atoms with Gasteiger partial charge in [0, 0.05) is 19.1 Å². The highest BCUT2D eigenvalue weighted by molar-refractivity contribution is 5.70. The third-order valence-electron chi connectivity index (χ3n) is 4.76. The van der Waals surface area contributed by atoms with Crippen molar-refractivity contribution < 1.29 is 15.0 Å². The Balaban J connectivity index is 1.82. The first-order chi connectivity index (χ1) is 8.89. The van der Waals surface area contributed by atoms with Gasteiger partial charge in [-0.15, -0.1) is 0 Å². The van der Waals surface area contributed by atoms with Crippen LogP contribution in [0, 0.1) is 5.92 Å². The van der Waals surface area contributed by atoms with Crippen LogP contribution in [0.15, 0.2) is 0 Å². The normalized spacial score (nSPS) is 36.8. The quantitative estimate of drug-likeness (QED) is 0.784. The number of aliphatic hydroxyl groups is 1. The third-order valence-corrected chi connectivity index (χ3v) is 4.76. The summed E-state index contributed by atoms with van der Waals surface area (Å²) in [5, 5.41) is 19.6. The van der Waals surface area contributed by atoms with Crippen molar-refractivity contribution >= 4 is 5.97 Å². The molecule has 0 aromatic rings. The van der Waals surface area contributed by atoms with E-state index in [0.717, 1.165) is 19.5 Å². The van der Waals surface area contributed by atoms with Gasteiger partial charge in [-0.25, -0.2) is 0 Å². The number of hydrogen-bond acceptors (Lipinski definition) is 4. The Bertz CT molecular complexity index is 325. The number of likely N-dealkylation sites (N-methyl/N-ethyl adjacent to an activating group) is 1. The molecule has 2 aliphatic rings. The van der Waals surface area contributed by atoms with Crippen molar-refractivity contribution in [2.45, 2.75) is 43.7 Å². The first kappa shape index (κ1) is 14.8. The van der Waals surface area contributed by atoms with Gasteiger partial charge in [-0.05, 0) is 52.7 Å². The van der Waals surface area contributed by atoms with Crippen LogP contribution >= 0.6 is 0 Å². The zero-order valence-corrected chi connectivity index (χ0v) is 12.0. The Labute approximate surface area is 115 Å². The van der Waals surface area contributed by atoms with Crippen molar-refractivity contribution in [1.82, 2.24) is 9.80 Å². The fraction of sp³-hybridized carbons (Fsp3) is 0.929. The molecule has 2 fully saturated rings. The monoisotopic (exact) mass is 270 g/mol. The van der Waals surface area contributed by atoms with E-state index in [4.69, 9.17) is 5.11 Å². The highest BCUT2D eigenvalue weighted by atomic mass is 16.4. The van der Waals surface area contributed by atoms with E-state index in [2.05, 4.69) is 23.9 Å². The van der Waals surface area contributed by atoms with Crippen molar-refractivity contribution in [3.05, 3.63) is 0 Å². The molecule has 0 aromatic heterocycles. The molecule has 19 heavy (non-hydrogen) atoms. The molecule has 1 atom stereocenters.